The number of aromatic hydroxyl groups is 1. The molecule has 0 spiro atoms. The summed E-state index contributed by atoms with van der Waals surface area (Å²) in [6, 6.07) is 6.15. The third-order valence-corrected chi connectivity index (χ3v) is 6.29. The van der Waals surface area contributed by atoms with Gasteiger partial charge in [-0.15, -0.1) is 0 Å². The molecule has 0 unspecified atom stereocenters. The van der Waals surface area contributed by atoms with Gasteiger partial charge in [-0.25, -0.2) is 8.78 Å². The Balaban J connectivity index is 1.77. The van der Waals surface area contributed by atoms with Crippen molar-refractivity contribution >= 4 is 28.2 Å². The van der Waals surface area contributed by atoms with Crippen molar-refractivity contribution in [2.24, 2.45) is 0 Å². The van der Waals surface area contributed by atoms with Gasteiger partial charge in [0, 0.05) is 42.3 Å². The predicted octanol–water partition coefficient (Wildman–Crippen LogP) is 4.65. The molecule has 2 aliphatic rings. The molecule has 2 aliphatic heterocycles. The van der Waals surface area contributed by atoms with Gasteiger partial charge in [-0.3, -0.25) is 4.98 Å². The quantitative estimate of drug-likeness (QED) is 0.607. The zero-order chi connectivity index (χ0) is 20.3. The van der Waals surface area contributed by atoms with Gasteiger partial charge in [-0.1, -0.05) is 17.7 Å². The zero-order valence-corrected chi connectivity index (χ0v) is 16.6. The summed E-state index contributed by atoms with van der Waals surface area (Å²) in [6.45, 7) is 3.81. The third kappa shape index (κ3) is 2.85. The van der Waals surface area contributed by atoms with E-state index in [1.54, 1.807) is 12.3 Å². The molecule has 2 N–H and O–H groups in total. The molecule has 3 heterocycles. The van der Waals surface area contributed by atoms with Crippen LogP contribution in [0, 0.1) is 11.6 Å². The van der Waals surface area contributed by atoms with Crippen molar-refractivity contribution in [3.8, 4) is 16.9 Å². The van der Waals surface area contributed by atoms with Gasteiger partial charge in [0.1, 0.15) is 17.1 Å². The van der Waals surface area contributed by atoms with Crippen LogP contribution in [0.15, 0.2) is 30.5 Å². The summed E-state index contributed by atoms with van der Waals surface area (Å²) >= 11 is 6.46. The second-order valence-electron chi connectivity index (χ2n) is 7.86. The second kappa shape index (κ2) is 6.82. The van der Waals surface area contributed by atoms with Gasteiger partial charge >= 0.3 is 0 Å². The second-order valence-corrected chi connectivity index (χ2v) is 8.27. The molecule has 1 fully saturated rings. The molecule has 2 atom stereocenters. The number of fused-ring (bicyclic) bond motifs is 5. The van der Waals surface area contributed by atoms with E-state index in [2.05, 4.69) is 22.1 Å². The van der Waals surface area contributed by atoms with E-state index >= 15 is 4.39 Å². The van der Waals surface area contributed by atoms with Crippen LogP contribution in [0.5, 0.6) is 5.75 Å². The summed E-state index contributed by atoms with van der Waals surface area (Å²) in [5, 5.41) is 14.3. The Labute approximate surface area is 172 Å². The Morgan fingerprint density at radius 2 is 2.10 bits per heavy atom. The van der Waals surface area contributed by atoms with Crippen LogP contribution < -0.4 is 10.2 Å². The number of rotatable bonds is 1. The first-order chi connectivity index (χ1) is 14.0. The number of phenols is 1. The average Bonchev–Trinajstić information content (AvgIpc) is 2.69. The number of hydrogen-bond acceptors (Lipinski definition) is 4. The molecular weight excluding hydrogens is 396 g/mol. The van der Waals surface area contributed by atoms with Gasteiger partial charge < -0.3 is 15.3 Å². The minimum Gasteiger partial charge on any atom is -0.507 e. The molecule has 5 rings (SSSR count). The van der Waals surface area contributed by atoms with Gasteiger partial charge in [0.15, 0.2) is 5.82 Å². The van der Waals surface area contributed by atoms with E-state index < -0.39 is 11.6 Å². The fraction of sp³-hybridized carbons (Fsp3) is 0.318. The largest absolute Gasteiger partial charge is 0.507 e. The molecule has 0 saturated carbocycles. The highest BCUT2D eigenvalue weighted by atomic mass is 35.5. The maximum Gasteiger partial charge on any atom is 0.159 e. The molecule has 2 aromatic carbocycles. The number of nitrogens with one attached hydrogen (secondary N) is 1. The number of nitrogens with zero attached hydrogens (tertiary/aromatic N) is 2. The summed E-state index contributed by atoms with van der Waals surface area (Å²) in [4.78, 5) is 6.68. The number of hydrogen-bond donors (Lipinski definition) is 2. The van der Waals surface area contributed by atoms with Crippen molar-refractivity contribution in [2.75, 3.05) is 18.0 Å². The fourth-order valence-corrected chi connectivity index (χ4v) is 4.90. The summed E-state index contributed by atoms with van der Waals surface area (Å²) in [5.74, 6) is -1.82. The van der Waals surface area contributed by atoms with E-state index in [0.717, 1.165) is 37.2 Å². The number of aryl methyl sites for hydroxylation is 1. The van der Waals surface area contributed by atoms with Crippen molar-refractivity contribution in [1.29, 1.82) is 0 Å². The Kier molecular flexibility index (Phi) is 4.37. The first-order valence-corrected chi connectivity index (χ1v) is 10.1. The zero-order valence-electron chi connectivity index (χ0n) is 15.8. The van der Waals surface area contributed by atoms with E-state index in [1.165, 1.54) is 18.2 Å². The number of aromatic nitrogens is 1. The van der Waals surface area contributed by atoms with E-state index in [9.17, 15) is 9.50 Å². The molecule has 150 valence electrons. The smallest absolute Gasteiger partial charge is 0.159 e. The Hall–Kier alpha value is -2.44. The summed E-state index contributed by atoms with van der Waals surface area (Å²) in [6.07, 6.45) is 3.59. The molecule has 1 aromatic heterocycles. The molecule has 29 heavy (non-hydrogen) atoms. The van der Waals surface area contributed by atoms with Crippen LogP contribution in [-0.2, 0) is 6.42 Å². The lowest BCUT2D eigenvalue weighted by Crippen LogP contribution is -2.57. The molecule has 1 saturated heterocycles. The number of pyridine rings is 1. The fourth-order valence-electron chi connectivity index (χ4n) is 4.61. The van der Waals surface area contributed by atoms with Crippen molar-refractivity contribution in [3.05, 3.63) is 52.7 Å². The monoisotopic (exact) mass is 415 g/mol. The van der Waals surface area contributed by atoms with Crippen LogP contribution in [0.25, 0.3) is 22.0 Å². The molecule has 0 bridgehead atoms. The number of piperazine rings is 1. The third-order valence-electron chi connectivity index (χ3n) is 5.99. The van der Waals surface area contributed by atoms with Crippen molar-refractivity contribution < 1.29 is 13.9 Å². The van der Waals surface area contributed by atoms with Gasteiger partial charge in [0.2, 0.25) is 0 Å². The maximum atomic E-state index is 15.6. The lowest BCUT2D eigenvalue weighted by Gasteiger charge is -2.45. The molecule has 0 amide bonds. The summed E-state index contributed by atoms with van der Waals surface area (Å²) in [5.41, 5.74) is 1.76. The minimum atomic E-state index is -0.737. The predicted molar refractivity (Wildman–Crippen MR) is 111 cm³/mol. The number of phenolic OH excluding ortho intramolecular Hbond substituents is 1. The number of benzene rings is 2. The topological polar surface area (TPSA) is 48.4 Å². The van der Waals surface area contributed by atoms with Gasteiger partial charge in [-0.05, 0) is 43.5 Å². The highest BCUT2D eigenvalue weighted by Gasteiger charge is 2.33. The average molecular weight is 416 g/mol. The van der Waals surface area contributed by atoms with Crippen LogP contribution >= 0.6 is 11.6 Å². The van der Waals surface area contributed by atoms with Gasteiger partial charge in [0.05, 0.1) is 16.3 Å². The molecule has 7 heteroatoms. The Morgan fingerprint density at radius 1 is 1.28 bits per heavy atom. The van der Waals surface area contributed by atoms with Crippen LogP contribution in [0.2, 0.25) is 5.02 Å². The highest BCUT2D eigenvalue weighted by molar-refractivity contribution is 6.34. The molecule has 3 aromatic rings. The number of halogens is 3. The van der Waals surface area contributed by atoms with Crippen LogP contribution in [0.4, 0.5) is 14.5 Å². The molecule has 0 aliphatic carbocycles. The Bertz CT molecular complexity index is 1120. The van der Waals surface area contributed by atoms with Crippen LogP contribution in [-0.4, -0.2) is 35.3 Å². The SMILES string of the molecule is C[C@@H]1CN2c3c(cnc4c(F)c(-c5c(O)cccc5F)c(Cl)cc34)CC[C@H]2CN1. The Morgan fingerprint density at radius 3 is 2.90 bits per heavy atom. The van der Waals surface area contributed by atoms with Crippen LogP contribution in [0.3, 0.4) is 0 Å². The van der Waals surface area contributed by atoms with E-state index in [0.29, 0.717) is 17.5 Å². The molecule has 0 radical (unpaired) electrons. The molecular formula is C22H20ClF2N3O. The van der Waals surface area contributed by atoms with Crippen molar-refractivity contribution in [3.63, 3.8) is 0 Å². The summed E-state index contributed by atoms with van der Waals surface area (Å²) in [7, 11) is 0. The number of anilines is 1. The van der Waals surface area contributed by atoms with Crippen molar-refractivity contribution in [1.82, 2.24) is 10.3 Å². The lowest BCUT2D eigenvalue weighted by molar-refractivity contribution is 0.385. The normalized spacial score (nSPS) is 21.2. The maximum absolute atomic E-state index is 15.6. The van der Waals surface area contributed by atoms with E-state index in [4.69, 9.17) is 11.6 Å². The lowest BCUT2D eigenvalue weighted by atomic mass is 9.91. The van der Waals surface area contributed by atoms with Crippen molar-refractivity contribution in [2.45, 2.75) is 31.8 Å². The highest BCUT2D eigenvalue weighted by Crippen LogP contribution is 2.44. The van der Waals surface area contributed by atoms with Gasteiger partial charge in [-0.2, -0.15) is 0 Å². The first kappa shape index (κ1) is 18.6. The minimum absolute atomic E-state index is 0.0518. The first-order valence-electron chi connectivity index (χ1n) is 9.73. The van der Waals surface area contributed by atoms with Gasteiger partial charge in [0.25, 0.3) is 0 Å². The van der Waals surface area contributed by atoms with Crippen LogP contribution in [0.1, 0.15) is 18.9 Å². The van der Waals surface area contributed by atoms with E-state index in [-0.39, 0.29) is 27.4 Å². The van der Waals surface area contributed by atoms with E-state index in [1.807, 2.05) is 0 Å². The molecule has 4 nitrogen and oxygen atoms in total. The summed E-state index contributed by atoms with van der Waals surface area (Å²) < 4.78 is 30.0. The standard InChI is InChI=1S/C22H20ClF2N3O/c1-11-10-28-13(9-26-11)6-5-12-8-27-21-14(22(12)28)7-15(23)18(20(21)25)19-16(24)3-2-4-17(19)29/h2-4,7-8,11,13,26,29H,5-6,9-10H2,1H3/t11-,13+/m1/s1.